The van der Waals surface area contributed by atoms with Gasteiger partial charge in [0.1, 0.15) is 17.7 Å². The van der Waals surface area contributed by atoms with Crippen molar-refractivity contribution in [2.45, 2.75) is 12.6 Å². The highest BCUT2D eigenvalue weighted by molar-refractivity contribution is 5.81. The summed E-state index contributed by atoms with van der Waals surface area (Å²) in [6.45, 7) is 1.53. The molecule has 1 aliphatic rings. The van der Waals surface area contributed by atoms with Gasteiger partial charge >= 0.3 is 0 Å². The van der Waals surface area contributed by atoms with Crippen molar-refractivity contribution in [1.82, 2.24) is 10.6 Å². The Balaban J connectivity index is 1.88. The summed E-state index contributed by atoms with van der Waals surface area (Å²) in [5.74, 6) is -1.55. The Kier molecular flexibility index (Phi) is 4.22. The number of nitrogens with one attached hydrogen (secondary N) is 2. The number of benzene rings is 1. The molecule has 0 aromatic heterocycles. The van der Waals surface area contributed by atoms with Gasteiger partial charge in [0.2, 0.25) is 5.91 Å². The fraction of sp³-hybridized carbons (Fsp3) is 0.417. The van der Waals surface area contributed by atoms with Crippen LogP contribution in [0.25, 0.3) is 0 Å². The number of ether oxygens (including phenoxy) is 1. The molecule has 0 bridgehead atoms. The molecule has 6 heteroatoms. The van der Waals surface area contributed by atoms with Crippen LogP contribution >= 0.6 is 0 Å². The lowest BCUT2D eigenvalue weighted by molar-refractivity contribution is -0.126. The van der Waals surface area contributed by atoms with Gasteiger partial charge in [-0.25, -0.2) is 8.78 Å². The van der Waals surface area contributed by atoms with Gasteiger partial charge in [-0.2, -0.15) is 0 Å². The van der Waals surface area contributed by atoms with Crippen molar-refractivity contribution < 1.29 is 18.3 Å². The fourth-order valence-corrected chi connectivity index (χ4v) is 1.70. The third-order valence-electron chi connectivity index (χ3n) is 2.71. The lowest BCUT2D eigenvalue weighted by Gasteiger charge is -2.22. The fourth-order valence-electron chi connectivity index (χ4n) is 1.70. The van der Waals surface area contributed by atoms with Crippen LogP contribution in [0.5, 0.6) is 0 Å². The number of halogens is 2. The highest BCUT2D eigenvalue weighted by atomic mass is 19.1. The molecular weight excluding hydrogens is 242 g/mol. The van der Waals surface area contributed by atoms with Crippen LogP contribution in [-0.2, 0) is 16.1 Å². The molecule has 1 saturated heterocycles. The summed E-state index contributed by atoms with van der Waals surface area (Å²) in [4.78, 5) is 11.7. The molecule has 1 aromatic rings. The summed E-state index contributed by atoms with van der Waals surface area (Å²) < 4.78 is 31.1. The molecule has 1 unspecified atom stereocenters. The topological polar surface area (TPSA) is 50.4 Å². The molecule has 4 nitrogen and oxygen atoms in total. The van der Waals surface area contributed by atoms with E-state index in [9.17, 15) is 13.6 Å². The first kappa shape index (κ1) is 12.9. The maximum atomic E-state index is 13.3. The lowest BCUT2D eigenvalue weighted by atomic mass is 10.2. The third kappa shape index (κ3) is 3.24. The quantitative estimate of drug-likeness (QED) is 0.831. The van der Waals surface area contributed by atoms with Gasteiger partial charge in [-0.3, -0.25) is 4.79 Å². The van der Waals surface area contributed by atoms with Crippen molar-refractivity contribution in [3.8, 4) is 0 Å². The van der Waals surface area contributed by atoms with Crippen molar-refractivity contribution in [3.05, 3.63) is 35.4 Å². The zero-order valence-corrected chi connectivity index (χ0v) is 9.71. The highest BCUT2D eigenvalue weighted by Crippen LogP contribution is 2.09. The number of carbonyl (C=O) groups excluding carboxylic acids is 1. The number of hydrogen-bond acceptors (Lipinski definition) is 3. The van der Waals surface area contributed by atoms with Crippen LogP contribution < -0.4 is 10.6 Å². The molecule has 1 aliphatic heterocycles. The second kappa shape index (κ2) is 5.88. The third-order valence-corrected chi connectivity index (χ3v) is 2.71. The van der Waals surface area contributed by atoms with Gasteiger partial charge in [0, 0.05) is 24.7 Å². The van der Waals surface area contributed by atoms with Crippen LogP contribution in [0.15, 0.2) is 18.2 Å². The van der Waals surface area contributed by atoms with Crippen LogP contribution in [0.3, 0.4) is 0 Å². The smallest absolute Gasteiger partial charge is 0.239 e. The molecule has 0 aliphatic carbocycles. The van der Waals surface area contributed by atoms with Crippen molar-refractivity contribution >= 4 is 5.91 Å². The number of amides is 1. The molecule has 18 heavy (non-hydrogen) atoms. The van der Waals surface area contributed by atoms with E-state index < -0.39 is 17.7 Å². The van der Waals surface area contributed by atoms with E-state index in [1.54, 1.807) is 0 Å². The van der Waals surface area contributed by atoms with Crippen molar-refractivity contribution in [2.75, 3.05) is 19.8 Å². The summed E-state index contributed by atoms with van der Waals surface area (Å²) in [7, 11) is 0. The standard InChI is InChI=1S/C12H14F2N2O2/c13-9-2-1-8(10(14)5-9)6-16-12(17)11-7-18-4-3-15-11/h1-2,5,11,15H,3-4,6-7H2,(H,16,17). The Morgan fingerprint density at radius 3 is 3.00 bits per heavy atom. The van der Waals surface area contributed by atoms with Gasteiger partial charge in [-0.05, 0) is 6.07 Å². The Hall–Kier alpha value is -1.53. The molecule has 1 aromatic carbocycles. The molecular formula is C12H14F2N2O2. The molecule has 0 spiro atoms. The number of morpholine rings is 1. The largest absolute Gasteiger partial charge is 0.378 e. The van der Waals surface area contributed by atoms with Gasteiger partial charge in [-0.1, -0.05) is 6.07 Å². The summed E-state index contributed by atoms with van der Waals surface area (Å²) in [5, 5.41) is 5.57. The molecule has 1 fully saturated rings. The first-order valence-electron chi connectivity index (χ1n) is 5.69. The van der Waals surface area contributed by atoms with E-state index in [0.29, 0.717) is 19.8 Å². The normalized spacial score (nSPS) is 19.6. The lowest BCUT2D eigenvalue weighted by Crippen LogP contribution is -2.51. The summed E-state index contributed by atoms with van der Waals surface area (Å²) in [5.41, 5.74) is 0.251. The van der Waals surface area contributed by atoms with Crippen molar-refractivity contribution in [1.29, 1.82) is 0 Å². The maximum Gasteiger partial charge on any atom is 0.239 e. The minimum Gasteiger partial charge on any atom is -0.378 e. The Bertz CT molecular complexity index is 434. The number of carbonyl (C=O) groups is 1. The molecule has 2 N–H and O–H groups in total. The zero-order chi connectivity index (χ0) is 13.0. The van der Waals surface area contributed by atoms with Gasteiger partial charge in [0.15, 0.2) is 0 Å². The van der Waals surface area contributed by atoms with Crippen LogP contribution in [0.4, 0.5) is 8.78 Å². The van der Waals surface area contributed by atoms with Gasteiger partial charge in [0.05, 0.1) is 13.2 Å². The van der Waals surface area contributed by atoms with Gasteiger partial charge < -0.3 is 15.4 Å². The molecule has 0 saturated carbocycles. The van der Waals surface area contributed by atoms with E-state index in [2.05, 4.69) is 10.6 Å². The Morgan fingerprint density at radius 1 is 1.50 bits per heavy atom. The monoisotopic (exact) mass is 256 g/mol. The van der Waals surface area contributed by atoms with Crippen LogP contribution in [0.2, 0.25) is 0 Å². The minimum atomic E-state index is -0.664. The predicted octanol–water partition coefficient (Wildman–Crippen LogP) is 0.569. The predicted molar refractivity (Wildman–Crippen MR) is 60.8 cm³/mol. The Labute approximate surface area is 103 Å². The van der Waals surface area contributed by atoms with Crippen LogP contribution in [-0.4, -0.2) is 31.7 Å². The van der Waals surface area contributed by atoms with E-state index in [-0.39, 0.29) is 18.0 Å². The van der Waals surface area contributed by atoms with Crippen LogP contribution in [0, 0.1) is 11.6 Å². The molecule has 2 rings (SSSR count). The van der Waals surface area contributed by atoms with E-state index in [0.717, 1.165) is 12.1 Å². The first-order chi connectivity index (χ1) is 8.66. The average molecular weight is 256 g/mol. The van der Waals surface area contributed by atoms with Gasteiger partial charge in [0.25, 0.3) is 0 Å². The van der Waals surface area contributed by atoms with E-state index in [4.69, 9.17) is 4.74 Å². The van der Waals surface area contributed by atoms with Gasteiger partial charge in [-0.15, -0.1) is 0 Å². The Morgan fingerprint density at radius 2 is 2.33 bits per heavy atom. The second-order valence-electron chi connectivity index (χ2n) is 4.04. The minimum absolute atomic E-state index is 0.0309. The number of rotatable bonds is 3. The van der Waals surface area contributed by atoms with E-state index >= 15 is 0 Å². The summed E-state index contributed by atoms with van der Waals surface area (Å²) in [6.07, 6.45) is 0. The molecule has 1 heterocycles. The molecule has 98 valence electrons. The van der Waals surface area contributed by atoms with E-state index in [1.165, 1.54) is 6.07 Å². The average Bonchev–Trinajstić information content (AvgIpc) is 2.38. The van der Waals surface area contributed by atoms with Crippen LogP contribution in [0.1, 0.15) is 5.56 Å². The molecule has 1 amide bonds. The zero-order valence-electron chi connectivity index (χ0n) is 9.71. The first-order valence-corrected chi connectivity index (χ1v) is 5.69. The van der Waals surface area contributed by atoms with E-state index in [1.807, 2.05) is 0 Å². The number of hydrogen-bond donors (Lipinski definition) is 2. The maximum absolute atomic E-state index is 13.3. The van der Waals surface area contributed by atoms with Crippen molar-refractivity contribution in [3.63, 3.8) is 0 Å². The van der Waals surface area contributed by atoms with Crippen molar-refractivity contribution in [2.24, 2.45) is 0 Å². The molecule has 0 radical (unpaired) electrons. The second-order valence-corrected chi connectivity index (χ2v) is 4.04. The molecule has 1 atom stereocenters. The summed E-state index contributed by atoms with van der Waals surface area (Å²) >= 11 is 0. The SMILES string of the molecule is O=C(NCc1ccc(F)cc1F)C1COCCN1. The summed E-state index contributed by atoms with van der Waals surface area (Å²) in [6, 6.07) is 2.86. The highest BCUT2D eigenvalue weighted by Gasteiger charge is 2.20.